The summed E-state index contributed by atoms with van der Waals surface area (Å²) in [6.45, 7) is 5.14. The largest absolute Gasteiger partial charge is 0.391 e. The van der Waals surface area contributed by atoms with Crippen LogP contribution < -0.4 is 0 Å². The first kappa shape index (κ1) is 19.4. The van der Waals surface area contributed by atoms with Crippen molar-refractivity contribution in [2.75, 3.05) is 26.2 Å². The van der Waals surface area contributed by atoms with Gasteiger partial charge in [-0.2, -0.15) is 0 Å². The third-order valence-corrected chi connectivity index (χ3v) is 6.94. The SMILES string of the molecule is O[C@@H]1CCN(Cc2ccc(I)cc2)C[C@H]1N1CCC(c2ccccc2)CC1. The molecule has 2 aliphatic heterocycles. The molecule has 2 aromatic rings. The lowest BCUT2D eigenvalue weighted by atomic mass is 9.88. The lowest BCUT2D eigenvalue weighted by Gasteiger charge is -2.45. The van der Waals surface area contributed by atoms with Crippen molar-refractivity contribution >= 4 is 22.6 Å². The van der Waals surface area contributed by atoms with Crippen molar-refractivity contribution in [3.05, 3.63) is 69.3 Å². The summed E-state index contributed by atoms with van der Waals surface area (Å²) in [7, 11) is 0. The van der Waals surface area contributed by atoms with Gasteiger partial charge in [0.1, 0.15) is 0 Å². The molecule has 2 aliphatic rings. The normalized spacial score (nSPS) is 25.6. The van der Waals surface area contributed by atoms with Gasteiger partial charge in [-0.1, -0.05) is 42.5 Å². The van der Waals surface area contributed by atoms with Crippen LogP contribution in [-0.4, -0.2) is 53.2 Å². The molecule has 0 aliphatic carbocycles. The summed E-state index contributed by atoms with van der Waals surface area (Å²) in [4.78, 5) is 5.06. The van der Waals surface area contributed by atoms with Gasteiger partial charge in [0, 0.05) is 29.2 Å². The van der Waals surface area contributed by atoms with Crippen LogP contribution in [0.3, 0.4) is 0 Å². The Morgan fingerprint density at radius 1 is 0.889 bits per heavy atom. The number of aliphatic hydroxyl groups excluding tert-OH is 1. The highest BCUT2D eigenvalue weighted by Gasteiger charge is 2.34. The summed E-state index contributed by atoms with van der Waals surface area (Å²) >= 11 is 2.35. The molecule has 4 heteroatoms. The first-order chi connectivity index (χ1) is 13.2. The average molecular weight is 476 g/mol. The highest BCUT2D eigenvalue weighted by atomic mass is 127. The van der Waals surface area contributed by atoms with Crippen molar-refractivity contribution in [2.24, 2.45) is 0 Å². The maximum atomic E-state index is 10.7. The quantitative estimate of drug-likeness (QED) is 0.674. The summed E-state index contributed by atoms with van der Waals surface area (Å²) in [5.74, 6) is 0.672. The van der Waals surface area contributed by atoms with Gasteiger partial charge < -0.3 is 5.11 Å². The molecular formula is C23H29IN2O. The number of rotatable bonds is 4. The molecule has 0 amide bonds. The maximum absolute atomic E-state index is 10.7. The molecule has 2 atom stereocenters. The fraction of sp³-hybridized carbons (Fsp3) is 0.478. The number of benzene rings is 2. The van der Waals surface area contributed by atoms with Gasteiger partial charge >= 0.3 is 0 Å². The van der Waals surface area contributed by atoms with E-state index in [1.54, 1.807) is 0 Å². The maximum Gasteiger partial charge on any atom is 0.0720 e. The molecular weight excluding hydrogens is 447 g/mol. The molecule has 0 aromatic heterocycles. The highest BCUT2D eigenvalue weighted by Crippen LogP contribution is 2.30. The first-order valence-corrected chi connectivity index (χ1v) is 11.2. The number of hydrogen-bond acceptors (Lipinski definition) is 3. The Labute approximate surface area is 176 Å². The van der Waals surface area contributed by atoms with Gasteiger partial charge in [0.25, 0.3) is 0 Å². The second-order valence-corrected chi connectivity index (χ2v) is 9.25. The molecule has 1 N–H and O–H groups in total. The van der Waals surface area contributed by atoms with E-state index in [1.165, 1.54) is 27.5 Å². The lowest BCUT2D eigenvalue weighted by Crippen LogP contribution is -2.56. The Morgan fingerprint density at radius 3 is 2.30 bits per heavy atom. The second kappa shape index (κ2) is 9.03. The van der Waals surface area contributed by atoms with E-state index in [2.05, 4.69) is 87.0 Å². The zero-order valence-electron chi connectivity index (χ0n) is 15.8. The predicted octanol–water partition coefficient (Wildman–Crippen LogP) is 4.11. The van der Waals surface area contributed by atoms with E-state index in [1.807, 2.05) is 0 Å². The second-order valence-electron chi connectivity index (χ2n) is 8.01. The smallest absolute Gasteiger partial charge is 0.0720 e. The van der Waals surface area contributed by atoms with Gasteiger partial charge in [-0.15, -0.1) is 0 Å². The highest BCUT2D eigenvalue weighted by molar-refractivity contribution is 14.1. The van der Waals surface area contributed by atoms with E-state index in [-0.39, 0.29) is 12.1 Å². The van der Waals surface area contributed by atoms with Crippen LogP contribution in [0.1, 0.15) is 36.3 Å². The van der Waals surface area contributed by atoms with Gasteiger partial charge in [0.15, 0.2) is 0 Å². The number of halogens is 1. The summed E-state index contributed by atoms with van der Waals surface area (Å²) in [5.41, 5.74) is 2.84. The molecule has 0 unspecified atom stereocenters. The lowest BCUT2D eigenvalue weighted by molar-refractivity contribution is -0.0222. The van der Waals surface area contributed by atoms with Crippen LogP contribution in [0, 0.1) is 3.57 Å². The monoisotopic (exact) mass is 476 g/mol. The first-order valence-electron chi connectivity index (χ1n) is 10.1. The van der Waals surface area contributed by atoms with Crippen molar-refractivity contribution in [3.8, 4) is 0 Å². The van der Waals surface area contributed by atoms with Gasteiger partial charge in [-0.3, -0.25) is 9.80 Å². The van der Waals surface area contributed by atoms with Crippen LogP contribution in [0.4, 0.5) is 0 Å². The molecule has 0 bridgehead atoms. The summed E-state index contributed by atoms with van der Waals surface area (Å²) in [6.07, 6.45) is 3.09. The van der Waals surface area contributed by atoms with E-state index >= 15 is 0 Å². The molecule has 0 spiro atoms. The minimum Gasteiger partial charge on any atom is -0.391 e. The molecule has 2 saturated heterocycles. The number of likely N-dealkylation sites (tertiary alicyclic amines) is 2. The Morgan fingerprint density at radius 2 is 1.59 bits per heavy atom. The van der Waals surface area contributed by atoms with Crippen molar-refractivity contribution < 1.29 is 5.11 Å². The van der Waals surface area contributed by atoms with E-state index in [0.29, 0.717) is 5.92 Å². The van der Waals surface area contributed by atoms with Gasteiger partial charge in [-0.25, -0.2) is 0 Å². The van der Waals surface area contributed by atoms with Crippen molar-refractivity contribution in [1.82, 2.24) is 9.80 Å². The van der Waals surface area contributed by atoms with Crippen LogP contribution in [0.15, 0.2) is 54.6 Å². The molecule has 144 valence electrons. The van der Waals surface area contributed by atoms with Crippen molar-refractivity contribution in [1.29, 1.82) is 0 Å². The molecule has 27 heavy (non-hydrogen) atoms. The van der Waals surface area contributed by atoms with Gasteiger partial charge in [0.2, 0.25) is 0 Å². The van der Waals surface area contributed by atoms with Gasteiger partial charge in [-0.05, 0) is 84.1 Å². The zero-order chi connectivity index (χ0) is 18.6. The minimum atomic E-state index is -0.189. The van der Waals surface area contributed by atoms with Crippen LogP contribution in [0.25, 0.3) is 0 Å². The summed E-state index contributed by atoms with van der Waals surface area (Å²) < 4.78 is 1.28. The fourth-order valence-corrected chi connectivity index (χ4v) is 4.98. The summed E-state index contributed by atoms with van der Waals surface area (Å²) in [6, 6.07) is 20.0. The average Bonchev–Trinajstić information content (AvgIpc) is 2.72. The Balaban J connectivity index is 1.34. The Bertz CT molecular complexity index is 713. The molecule has 4 rings (SSSR count). The number of aliphatic hydroxyl groups is 1. The van der Waals surface area contributed by atoms with Crippen LogP contribution in [0.2, 0.25) is 0 Å². The van der Waals surface area contributed by atoms with Crippen LogP contribution in [-0.2, 0) is 6.54 Å². The molecule has 2 heterocycles. The Hall–Kier alpha value is -0.950. The van der Waals surface area contributed by atoms with E-state index in [0.717, 1.165) is 39.1 Å². The van der Waals surface area contributed by atoms with Crippen molar-refractivity contribution in [2.45, 2.75) is 43.9 Å². The third kappa shape index (κ3) is 4.91. The predicted molar refractivity (Wildman–Crippen MR) is 119 cm³/mol. The number of nitrogens with zero attached hydrogens (tertiary/aromatic N) is 2. The standard InChI is InChI=1S/C23H29IN2O/c24-21-8-6-18(7-9-21)16-25-13-12-23(27)22(17-25)26-14-10-20(11-15-26)19-4-2-1-3-5-19/h1-9,20,22-23,27H,10-17H2/t22-,23-/m1/s1. The van der Waals surface area contributed by atoms with Crippen molar-refractivity contribution in [3.63, 3.8) is 0 Å². The zero-order valence-corrected chi connectivity index (χ0v) is 18.0. The van der Waals surface area contributed by atoms with E-state index in [9.17, 15) is 5.11 Å². The number of hydrogen-bond donors (Lipinski definition) is 1. The van der Waals surface area contributed by atoms with E-state index in [4.69, 9.17) is 0 Å². The Kier molecular flexibility index (Phi) is 6.48. The van der Waals surface area contributed by atoms with Crippen LogP contribution in [0.5, 0.6) is 0 Å². The van der Waals surface area contributed by atoms with E-state index < -0.39 is 0 Å². The van der Waals surface area contributed by atoms with Gasteiger partial charge in [0.05, 0.1) is 6.10 Å². The molecule has 0 radical (unpaired) electrons. The fourth-order valence-electron chi connectivity index (χ4n) is 4.62. The summed E-state index contributed by atoms with van der Waals surface area (Å²) in [5, 5.41) is 10.7. The topological polar surface area (TPSA) is 26.7 Å². The molecule has 0 saturated carbocycles. The molecule has 2 aromatic carbocycles. The number of piperidine rings is 2. The third-order valence-electron chi connectivity index (χ3n) is 6.22. The molecule has 3 nitrogen and oxygen atoms in total. The molecule has 2 fully saturated rings. The minimum absolute atomic E-state index is 0.189. The van der Waals surface area contributed by atoms with Crippen LogP contribution >= 0.6 is 22.6 Å².